The van der Waals surface area contributed by atoms with E-state index >= 15 is 0 Å². The number of benzene rings is 2. The van der Waals surface area contributed by atoms with E-state index < -0.39 is 0 Å². The van der Waals surface area contributed by atoms with Gasteiger partial charge < -0.3 is 9.84 Å². The van der Waals surface area contributed by atoms with Crippen molar-refractivity contribution in [1.29, 1.82) is 0 Å². The maximum absolute atomic E-state index is 9.42. The smallest absolute Gasteiger partial charge is 0.212 e. The molecule has 2 aromatic carbocycles. The molecule has 120 valence electrons. The Kier molecular flexibility index (Phi) is 3.66. The Morgan fingerprint density at radius 3 is 2.71 bits per heavy atom. The minimum atomic E-state index is 0.246. The third kappa shape index (κ3) is 2.72. The Labute approximate surface area is 142 Å². The molecule has 0 spiro atoms. The topological polar surface area (TPSA) is 59.7 Å². The summed E-state index contributed by atoms with van der Waals surface area (Å²) in [4.78, 5) is 5.34. The molecule has 5 nitrogen and oxygen atoms in total. The van der Waals surface area contributed by atoms with Crippen LogP contribution in [0.3, 0.4) is 0 Å². The van der Waals surface area contributed by atoms with Gasteiger partial charge in [0.2, 0.25) is 4.96 Å². The first kappa shape index (κ1) is 14.7. The molecular weight excluding hydrogens is 322 g/mol. The molecule has 0 aliphatic rings. The molecule has 0 aliphatic carbocycles. The number of thiazole rings is 1. The van der Waals surface area contributed by atoms with Crippen molar-refractivity contribution < 1.29 is 9.84 Å². The van der Waals surface area contributed by atoms with Crippen LogP contribution in [0.25, 0.3) is 16.2 Å². The number of nitrogens with zero attached hydrogens (tertiary/aromatic N) is 3. The van der Waals surface area contributed by atoms with Gasteiger partial charge in [0.25, 0.3) is 0 Å². The van der Waals surface area contributed by atoms with Gasteiger partial charge in [0.15, 0.2) is 5.82 Å². The van der Waals surface area contributed by atoms with Crippen LogP contribution in [0.1, 0.15) is 11.4 Å². The van der Waals surface area contributed by atoms with Crippen LogP contribution >= 0.6 is 11.3 Å². The van der Waals surface area contributed by atoms with Crippen molar-refractivity contribution in [2.45, 2.75) is 13.5 Å². The van der Waals surface area contributed by atoms with Crippen LogP contribution in [0.2, 0.25) is 0 Å². The quantitative estimate of drug-likeness (QED) is 0.610. The van der Waals surface area contributed by atoms with Crippen LogP contribution in [0.5, 0.6) is 11.5 Å². The van der Waals surface area contributed by atoms with E-state index in [-0.39, 0.29) is 5.75 Å². The van der Waals surface area contributed by atoms with E-state index in [0.29, 0.717) is 12.4 Å². The van der Waals surface area contributed by atoms with Crippen LogP contribution in [0.15, 0.2) is 53.9 Å². The molecule has 0 saturated carbocycles. The van der Waals surface area contributed by atoms with Crippen molar-refractivity contribution in [3.8, 4) is 22.8 Å². The van der Waals surface area contributed by atoms with E-state index in [1.54, 1.807) is 12.1 Å². The van der Waals surface area contributed by atoms with Crippen LogP contribution in [-0.4, -0.2) is 19.7 Å². The highest BCUT2D eigenvalue weighted by atomic mass is 32.1. The molecule has 0 aliphatic heterocycles. The summed E-state index contributed by atoms with van der Waals surface area (Å²) >= 11 is 1.53. The normalized spacial score (nSPS) is 11.0. The predicted molar refractivity (Wildman–Crippen MR) is 93.5 cm³/mol. The van der Waals surface area contributed by atoms with E-state index in [1.165, 1.54) is 11.3 Å². The molecule has 0 fully saturated rings. The highest BCUT2D eigenvalue weighted by Crippen LogP contribution is 2.26. The van der Waals surface area contributed by atoms with Gasteiger partial charge in [-0.25, -0.2) is 4.52 Å². The lowest BCUT2D eigenvalue weighted by Crippen LogP contribution is -1.99. The van der Waals surface area contributed by atoms with E-state index in [0.717, 1.165) is 27.5 Å². The minimum absolute atomic E-state index is 0.246. The van der Waals surface area contributed by atoms with Gasteiger partial charge in [0, 0.05) is 10.9 Å². The number of aryl methyl sites for hydroxylation is 1. The molecule has 4 rings (SSSR count). The van der Waals surface area contributed by atoms with Gasteiger partial charge in [-0.2, -0.15) is 4.98 Å². The number of rotatable bonds is 4. The minimum Gasteiger partial charge on any atom is -0.508 e. The molecule has 0 amide bonds. The maximum Gasteiger partial charge on any atom is 0.212 e. The predicted octanol–water partition coefficient (Wildman–Crippen LogP) is 4.05. The van der Waals surface area contributed by atoms with Gasteiger partial charge in [0.05, 0.1) is 5.69 Å². The Bertz CT molecular complexity index is 989. The Balaban J connectivity index is 1.60. The molecule has 0 atom stereocenters. The zero-order chi connectivity index (χ0) is 16.5. The summed E-state index contributed by atoms with van der Waals surface area (Å²) in [6.45, 7) is 2.34. The maximum atomic E-state index is 9.42. The van der Waals surface area contributed by atoms with Crippen LogP contribution < -0.4 is 4.74 Å². The summed E-state index contributed by atoms with van der Waals surface area (Å²) in [6, 6.07) is 14.9. The zero-order valence-electron chi connectivity index (χ0n) is 13.0. The first-order chi connectivity index (χ1) is 11.7. The molecule has 1 N–H and O–H groups in total. The second-order valence-electron chi connectivity index (χ2n) is 5.44. The lowest BCUT2D eigenvalue weighted by molar-refractivity contribution is 0.294. The number of hydrogen-bond donors (Lipinski definition) is 1. The van der Waals surface area contributed by atoms with Crippen LogP contribution in [-0.2, 0) is 6.61 Å². The number of hydrogen-bond acceptors (Lipinski definition) is 5. The van der Waals surface area contributed by atoms with Gasteiger partial charge in [-0.05, 0) is 42.8 Å². The monoisotopic (exact) mass is 337 g/mol. The van der Waals surface area contributed by atoms with Crippen molar-refractivity contribution in [3.63, 3.8) is 0 Å². The van der Waals surface area contributed by atoms with Crippen molar-refractivity contribution in [2.75, 3.05) is 0 Å². The summed E-state index contributed by atoms with van der Waals surface area (Å²) < 4.78 is 7.63. The van der Waals surface area contributed by atoms with Crippen molar-refractivity contribution >= 4 is 16.3 Å². The summed E-state index contributed by atoms with van der Waals surface area (Å²) in [5, 5.41) is 16.0. The molecule has 0 radical (unpaired) electrons. The molecular formula is C18H15N3O2S. The molecule has 24 heavy (non-hydrogen) atoms. The number of para-hydroxylation sites is 1. The van der Waals surface area contributed by atoms with Crippen molar-refractivity contribution in [2.24, 2.45) is 0 Å². The van der Waals surface area contributed by atoms with Crippen LogP contribution in [0.4, 0.5) is 0 Å². The SMILES string of the molecule is Cc1ccccc1OCc1nc2scc(-c3ccc(O)cc3)n2n1. The highest BCUT2D eigenvalue weighted by molar-refractivity contribution is 7.15. The summed E-state index contributed by atoms with van der Waals surface area (Å²) in [7, 11) is 0. The first-order valence-corrected chi connectivity index (χ1v) is 8.39. The molecule has 2 aromatic heterocycles. The number of phenols is 1. The van der Waals surface area contributed by atoms with E-state index in [1.807, 2.05) is 53.2 Å². The van der Waals surface area contributed by atoms with Crippen molar-refractivity contribution in [1.82, 2.24) is 14.6 Å². The summed E-state index contributed by atoms with van der Waals surface area (Å²) in [5.74, 6) is 1.73. The zero-order valence-corrected chi connectivity index (χ0v) is 13.8. The second kappa shape index (κ2) is 5.98. The van der Waals surface area contributed by atoms with Gasteiger partial charge in [-0.15, -0.1) is 16.4 Å². The molecule has 0 bridgehead atoms. The highest BCUT2D eigenvalue weighted by Gasteiger charge is 2.12. The average Bonchev–Trinajstić information content (AvgIpc) is 3.15. The van der Waals surface area contributed by atoms with Gasteiger partial charge in [-0.3, -0.25) is 0 Å². The molecule has 0 unspecified atom stereocenters. The molecule has 0 saturated heterocycles. The number of phenolic OH excluding ortho intramolecular Hbond substituents is 1. The molecule has 4 aromatic rings. The Morgan fingerprint density at radius 1 is 1.12 bits per heavy atom. The standard InChI is InChI=1S/C18H15N3O2S/c1-12-4-2-3-5-16(12)23-10-17-19-18-21(20-17)15(11-24-18)13-6-8-14(22)9-7-13/h2-9,11,22H,10H2,1H3. The Morgan fingerprint density at radius 2 is 1.92 bits per heavy atom. The fourth-order valence-electron chi connectivity index (χ4n) is 2.47. The first-order valence-electron chi connectivity index (χ1n) is 7.52. The van der Waals surface area contributed by atoms with E-state index in [4.69, 9.17) is 4.74 Å². The lowest BCUT2D eigenvalue weighted by atomic mass is 10.2. The second-order valence-corrected chi connectivity index (χ2v) is 6.28. The number of fused-ring (bicyclic) bond motifs is 1. The molecule has 6 heteroatoms. The largest absolute Gasteiger partial charge is 0.508 e. The van der Waals surface area contributed by atoms with Gasteiger partial charge in [-0.1, -0.05) is 18.2 Å². The van der Waals surface area contributed by atoms with Gasteiger partial charge >= 0.3 is 0 Å². The average molecular weight is 337 g/mol. The van der Waals surface area contributed by atoms with E-state index in [2.05, 4.69) is 10.1 Å². The number of aromatic nitrogens is 3. The van der Waals surface area contributed by atoms with Crippen molar-refractivity contribution in [3.05, 3.63) is 65.3 Å². The molecule has 2 heterocycles. The Hall–Kier alpha value is -2.86. The fourth-order valence-corrected chi connectivity index (χ4v) is 3.32. The summed E-state index contributed by atoms with van der Waals surface area (Å²) in [5.41, 5.74) is 3.02. The van der Waals surface area contributed by atoms with Gasteiger partial charge in [0.1, 0.15) is 18.1 Å². The summed E-state index contributed by atoms with van der Waals surface area (Å²) in [6.07, 6.45) is 0. The number of ether oxygens (including phenoxy) is 1. The lowest BCUT2D eigenvalue weighted by Gasteiger charge is -2.06. The third-order valence-electron chi connectivity index (χ3n) is 3.74. The van der Waals surface area contributed by atoms with Crippen LogP contribution in [0, 0.1) is 6.92 Å². The number of aromatic hydroxyl groups is 1. The van der Waals surface area contributed by atoms with E-state index in [9.17, 15) is 5.11 Å². The fraction of sp³-hybridized carbons (Fsp3) is 0.111. The third-order valence-corrected chi connectivity index (χ3v) is 4.56.